The summed E-state index contributed by atoms with van der Waals surface area (Å²) in [5, 5.41) is 0. The molecule has 2 aromatic heterocycles. The van der Waals surface area contributed by atoms with E-state index in [0.29, 0.717) is 6.04 Å². The summed E-state index contributed by atoms with van der Waals surface area (Å²) in [6.07, 6.45) is 12.0. The van der Waals surface area contributed by atoms with Crippen LogP contribution in [-0.4, -0.2) is 6.17 Å². The molecule has 4 heteroatoms. The fourth-order valence-electron chi connectivity index (χ4n) is 6.39. The first kappa shape index (κ1) is 21.1. The van der Waals surface area contributed by atoms with Crippen LogP contribution in [0.4, 0.5) is 11.4 Å². The third kappa shape index (κ3) is 3.29. The zero-order chi connectivity index (χ0) is 24.1. The SMILES string of the molecule is C=C1CC2N(c3ccccc3)C=CN2c2ccccc2CCC2C1[n+]1ccccc1-c1cccc[n+]12. The molecular formula is C32H30N4+2. The average Bonchev–Trinajstić information content (AvgIpc) is 3.35. The van der Waals surface area contributed by atoms with Gasteiger partial charge in [0.15, 0.2) is 12.4 Å². The fourth-order valence-corrected chi connectivity index (χ4v) is 6.39. The van der Waals surface area contributed by atoms with E-state index in [1.165, 1.54) is 33.9 Å². The van der Waals surface area contributed by atoms with Gasteiger partial charge in [-0.2, -0.15) is 9.13 Å². The monoisotopic (exact) mass is 470 g/mol. The fraction of sp³-hybridized carbons (Fsp3) is 0.188. The van der Waals surface area contributed by atoms with E-state index in [9.17, 15) is 0 Å². The molecule has 5 heterocycles. The van der Waals surface area contributed by atoms with E-state index in [1.807, 2.05) is 0 Å². The van der Waals surface area contributed by atoms with Crippen molar-refractivity contribution in [3.63, 3.8) is 0 Å². The third-order valence-electron chi connectivity index (χ3n) is 7.99. The second-order valence-electron chi connectivity index (χ2n) is 9.96. The van der Waals surface area contributed by atoms with Crippen LogP contribution in [0.1, 0.15) is 30.5 Å². The molecular weight excluding hydrogens is 440 g/mol. The zero-order valence-electron chi connectivity index (χ0n) is 20.3. The minimum atomic E-state index is 0.134. The van der Waals surface area contributed by atoms with E-state index in [0.717, 1.165) is 19.3 Å². The van der Waals surface area contributed by atoms with E-state index in [-0.39, 0.29) is 12.2 Å². The molecule has 0 saturated heterocycles. The molecule has 3 unspecified atom stereocenters. The molecule has 0 amide bonds. The number of anilines is 2. The van der Waals surface area contributed by atoms with Crippen molar-refractivity contribution in [3.05, 3.63) is 134 Å². The lowest BCUT2D eigenvalue weighted by molar-refractivity contribution is -0.826. The Morgan fingerprint density at radius 3 is 2.19 bits per heavy atom. The molecule has 176 valence electrons. The summed E-state index contributed by atoms with van der Waals surface area (Å²) < 4.78 is 4.96. The average molecular weight is 471 g/mol. The Labute approximate surface area is 212 Å². The molecule has 0 aliphatic carbocycles. The van der Waals surface area contributed by atoms with Crippen molar-refractivity contribution in [2.24, 2.45) is 0 Å². The molecule has 2 aromatic carbocycles. The summed E-state index contributed by atoms with van der Waals surface area (Å²) in [6.45, 7) is 4.77. The summed E-state index contributed by atoms with van der Waals surface area (Å²) in [5.74, 6) is 0. The number of aryl methyl sites for hydroxylation is 1. The summed E-state index contributed by atoms with van der Waals surface area (Å²) in [5.41, 5.74) is 7.68. The van der Waals surface area contributed by atoms with Crippen LogP contribution in [0, 0.1) is 0 Å². The van der Waals surface area contributed by atoms with E-state index in [1.54, 1.807) is 0 Å². The number of rotatable bonds is 1. The number of hydrogen-bond acceptors (Lipinski definition) is 2. The van der Waals surface area contributed by atoms with Crippen LogP contribution >= 0.6 is 0 Å². The standard InChI is InChI=1S/C32H30N4/c1-24-23-31-33(26-12-3-2-4-13-26)21-22-35(31)27-14-6-5-11-25(27)17-18-30-32(24)36-20-10-8-16-29(36)28-15-7-9-19-34(28)30/h2-16,19-22,30-32H,1,17-18,23H2/q+2. The molecule has 0 N–H and O–H groups in total. The number of fused-ring (bicyclic) bond motifs is 9. The predicted octanol–water partition coefficient (Wildman–Crippen LogP) is 5.74. The second-order valence-corrected chi connectivity index (χ2v) is 9.96. The summed E-state index contributed by atoms with van der Waals surface area (Å²) in [7, 11) is 0. The molecule has 0 saturated carbocycles. The van der Waals surface area contributed by atoms with Crippen LogP contribution in [0.15, 0.2) is 128 Å². The van der Waals surface area contributed by atoms with Gasteiger partial charge in [0, 0.05) is 66.5 Å². The van der Waals surface area contributed by atoms with Crippen molar-refractivity contribution in [3.8, 4) is 11.4 Å². The summed E-state index contributed by atoms with van der Waals surface area (Å²) in [6, 6.07) is 33.2. The van der Waals surface area contributed by atoms with E-state index >= 15 is 0 Å². The number of pyridine rings is 2. The Hall–Kier alpha value is -4.18. The highest BCUT2D eigenvalue weighted by Gasteiger charge is 2.48. The largest absolute Gasteiger partial charge is 0.325 e. The molecule has 0 spiro atoms. The minimum Gasteiger partial charge on any atom is -0.325 e. The van der Waals surface area contributed by atoms with Crippen LogP contribution in [0.5, 0.6) is 0 Å². The van der Waals surface area contributed by atoms with Crippen molar-refractivity contribution in [2.75, 3.05) is 9.80 Å². The third-order valence-corrected chi connectivity index (χ3v) is 7.99. The van der Waals surface area contributed by atoms with E-state index < -0.39 is 0 Å². The molecule has 0 bridgehead atoms. The maximum Gasteiger partial charge on any atom is 0.278 e. The van der Waals surface area contributed by atoms with Gasteiger partial charge in [-0.25, -0.2) is 0 Å². The molecule has 3 atom stereocenters. The lowest BCUT2D eigenvalue weighted by atomic mass is 9.87. The minimum absolute atomic E-state index is 0.134. The van der Waals surface area contributed by atoms with Crippen LogP contribution in [0.2, 0.25) is 0 Å². The van der Waals surface area contributed by atoms with Gasteiger partial charge in [0.05, 0.1) is 0 Å². The van der Waals surface area contributed by atoms with Crippen LogP contribution in [-0.2, 0) is 6.42 Å². The van der Waals surface area contributed by atoms with Gasteiger partial charge in [-0.05, 0) is 42.3 Å². The Morgan fingerprint density at radius 2 is 1.36 bits per heavy atom. The van der Waals surface area contributed by atoms with Crippen molar-refractivity contribution < 1.29 is 9.13 Å². The first-order chi connectivity index (χ1) is 17.8. The van der Waals surface area contributed by atoms with Gasteiger partial charge >= 0.3 is 0 Å². The first-order valence-electron chi connectivity index (χ1n) is 12.9. The lowest BCUT2D eigenvalue weighted by Gasteiger charge is -2.37. The highest BCUT2D eigenvalue weighted by molar-refractivity contribution is 5.64. The Balaban J connectivity index is 1.39. The van der Waals surface area contributed by atoms with Crippen molar-refractivity contribution in [1.82, 2.24) is 0 Å². The second kappa shape index (κ2) is 8.49. The Kier molecular flexibility index (Phi) is 4.98. The molecule has 3 aliphatic heterocycles. The van der Waals surface area contributed by atoms with Crippen LogP contribution < -0.4 is 18.9 Å². The van der Waals surface area contributed by atoms with Gasteiger partial charge in [0.25, 0.3) is 11.4 Å². The van der Waals surface area contributed by atoms with Gasteiger partial charge in [0.2, 0.25) is 12.1 Å². The highest BCUT2D eigenvalue weighted by Crippen LogP contribution is 2.40. The van der Waals surface area contributed by atoms with Gasteiger partial charge in [-0.15, -0.1) is 0 Å². The molecule has 3 aliphatic rings. The van der Waals surface area contributed by atoms with Crippen molar-refractivity contribution in [2.45, 2.75) is 37.5 Å². The van der Waals surface area contributed by atoms with Gasteiger partial charge in [-0.1, -0.05) is 43.0 Å². The topological polar surface area (TPSA) is 14.2 Å². The maximum atomic E-state index is 4.77. The van der Waals surface area contributed by atoms with E-state index in [4.69, 9.17) is 6.58 Å². The van der Waals surface area contributed by atoms with Gasteiger partial charge < -0.3 is 9.80 Å². The smallest absolute Gasteiger partial charge is 0.278 e. The van der Waals surface area contributed by atoms with Crippen LogP contribution in [0.3, 0.4) is 0 Å². The quantitative estimate of drug-likeness (QED) is 0.260. The summed E-state index contributed by atoms with van der Waals surface area (Å²) in [4.78, 5) is 4.85. The number of hydrogen-bond donors (Lipinski definition) is 0. The Morgan fingerprint density at radius 1 is 0.694 bits per heavy atom. The first-order valence-corrected chi connectivity index (χ1v) is 12.9. The van der Waals surface area contributed by atoms with Crippen LogP contribution in [0.25, 0.3) is 11.4 Å². The van der Waals surface area contributed by atoms with Crippen molar-refractivity contribution >= 4 is 11.4 Å². The Bertz CT molecular complexity index is 1470. The molecule has 0 fully saturated rings. The number of benzene rings is 2. The number of nitrogens with zero attached hydrogens (tertiary/aromatic N) is 4. The number of aromatic nitrogens is 2. The molecule has 0 radical (unpaired) electrons. The molecule has 7 rings (SSSR count). The molecule has 4 aromatic rings. The highest BCUT2D eigenvalue weighted by atomic mass is 15.4. The van der Waals surface area contributed by atoms with Gasteiger partial charge in [-0.3, -0.25) is 0 Å². The zero-order valence-corrected chi connectivity index (χ0v) is 20.3. The maximum absolute atomic E-state index is 4.77. The number of para-hydroxylation sites is 2. The predicted molar refractivity (Wildman–Crippen MR) is 143 cm³/mol. The summed E-state index contributed by atoms with van der Waals surface area (Å²) >= 11 is 0. The van der Waals surface area contributed by atoms with Gasteiger partial charge in [0.1, 0.15) is 6.17 Å². The molecule has 36 heavy (non-hydrogen) atoms. The van der Waals surface area contributed by atoms with Crippen molar-refractivity contribution in [1.29, 1.82) is 0 Å². The van der Waals surface area contributed by atoms with E-state index in [2.05, 4.69) is 135 Å². The normalized spacial score (nSPS) is 22.2. The molecule has 4 nitrogen and oxygen atoms in total. The lowest BCUT2D eigenvalue weighted by Crippen LogP contribution is -2.61.